The molecule has 0 atom stereocenters. The third-order valence-electron chi connectivity index (χ3n) is 4.73. The first kappa shape index (κ1) is 19.3. The van der Waals surface area contributed by atoms with E-state index in [1.807, 2.05) is 18.2 Å². The number of nitrogens with one attached hydrogen (secondary N) is 1. The van der Waals surface area contributed by atoms with Gasteiger partial charge in [-0.2, -0.15) is 0 Å². The highest BCUT2D eigenvalue weighted by molar-refractivity contribution is 7.18. The fraction of sp³-hybridized carbons (Fsp3) is 0.300. The number of thiazole rings is 1. The van der Waals surface area contributed by atoms with Crippen LogP contribution >= 0.6 is 22.9 Å². The van der Waals surface area contributed by atoms with E-state index in [1.54, 1.807) is 11.3 Å². The molecule has 0 bridgehead atoms. The maximum atomic E-state index is 13.7. The molecule has 0 saturated carbocycles. The number of halogens is 2. The Morgan fingerprint density at radius 2 is 1.89 bits per heavy atom. The molecular formula is C20H20ClFN4OS. The first-order valence-electron chi connectivity index (χ1n) is 9.11. The van der Waals surface area contributed by atoms with E-state index in [4.69, 9.17) is 11.6 Å². The summed E-state index contributed by atoms with van der Waals surface area (Å²) in [6.45, 7) is 4.38. The van der Waals surface area contributed by atoms with Gasteiger partial charge in [0.05, 0.1) is 29.0 Å². The van der Waals surface area contributed by atoms with Crippen LogP contribution in [0.2, 0.25) is 5.02 Å². The number of rotatable bonds is 5. The third-order valence-corrected chi connectivity index (χ3v) is 5.99. The van der Waals surface area contributed by atoms with Gasteiger partial charge in [0.25, 0.3) is 0 Å². The zero-order valence-electron chi connectivity index (χ0n) is 15.2. The normalized spacial score (nSPS) is 15.8. The van der Waals surface area contributed by atoms with Gasteiger partial charge in [-0.25, -0.2) is 9.37 Å². The molecular weight excluding hydrogens is 399 g/mol. The minimum absolute atomic E-state index is 0.118. The van der Waals surface area contributed by atoms with E-state index in [0.717, 1.165) is 43.2 Å². The number of benzene rings is 2. The number of piperazine rings is 1. The summed E-state index contributed by atoms with van der Waals surface area (Å²) in [5.41, 5.74) is 1.16. The lowest BCUT2D eigenvalue weighted by Crippen LogP contribution is -2.48. The van der Waals surface area contributed by atoms with Crippen molar-refractivity contribution in [3.63, 3.8) is 0 Å². The van der Waals surface area contributed by atoms with E-state index in [0.29, 0.717) is 5.02 Å². The standard InChI is InChI=1S/C20H20ClFN4OS/c21-14-5-6-15(22)17(11-14)23-19(27)12-25-7-9-26(10-8-25)13-20-24-16-3-1-2-4-18(16)28-20/h1-6,11H,7-10,12-13H2,(H,23,27). The summed E-state index contributed by atoms with van der Waals surface area (Å²) in [6, 6.07) is 12.3. The Kier molecular flexibility index (Phi) is 5.87. The van der Waals surface area contributed by atoms with E-state index >= 15 is 0 Å². The Morgan fingerprint density at radius 1 is 1.14 bits per heavy atom. The molecule has 3 aromatic rings. The predicted octanol–water partition coefficient (Wildman–Crippen LogP) is 3.85. The second-order valence-electron chi connectivity index (χ2n) is 6.80. The summed E-state index contributed by atoms with van der Waals surface area (Å²) >= 11 is 7.59. The highest BCUT2D eigenvalue weighted by Crippen LogP contribution is 2.23. The molecule has 1 aromatic heterocycles. The number of para-hydroxylation sites is 1. The van der Waals surface area contributed by atoms with Gasteiger partial charge in [-0.1, -0.05) is 23.7 Å². The second-order valence-corrected chi connectivity index (χ2v) is 8.35. The lowest BCUT2D eigenvalue weighted by atomic mass is 10.3. The van der Waals surface area contributed by atoms with Gasteiger partial charge in [0.2, 0.25) is 5.91 Å². The molecule has 0 radical (unpaired) electrons. The van der Waals surface area contributed by atoms with E-state index in [-0.39, 0.29) is 18.1 Å². The number of amides is 1. The van der Waals surface area contributed by atoms with Crippen molar-refractivity contribution in [2.45, 2.75) is 6.54 Å². The summed E-state index contributed by atoms with van der Waals surface area (Å²) in [4.78, 5) is 21.3. The molecule has 28 heavy (non-hydrogen) atoms. The topological polar surface area (TPSA) is 48.5 Å². The Labute approximate surface area is 171 Å². The van der Waals surface area contributed by atoms with E-state index in [1.165, 1.54) is 22.9 Å². The van der Waals surface area contributed by atoms with Crippen LogP contribution in [0.4, 0.5) is 10.1 Å². The monoisotopic (exact) mass is 418 g/mol. The van der Waals surface area contributed by atoms with Crippen molar-refractivity contribution < 1.29 is 9.18 Å². The second kappa shape index (κ2) is 8.53. The van der Waals surface area contributed by atoms with E-state index < -0.39 is 5.82 Å². The van der Waals surface area contributed by atoms with Gasteiger partial charge in [-0.15, -0.1) is 11.3 Å². The van der Waals surface area contributed by atoms with Crippen LogP contribution in [0, 0.1) is 5.82 Å². The minimum atomic E-state index is -0.488. The fourth-order valence-electron chi connectivity index (χ4n) is 3.27. The van der Waals surface area contributed by atoms with Gasteiger partial charge in [0.15, 0.2) is 0 Å². The fourth-order valence-corrected chi connectivity index (χ4v) is 4.45. The molecule has 146 valence electrons. The van der Waals surface area contributed by atoms with Crippen LogP contribution in [0.5, 0.6) is 0 Å². The number of carbonyl (C=O) groups excluding carboxylic acids is 1. The van der Waals surface area contributed by atoms with Crippen LogP contribution in [0.3, 0.4) is 0 Å². The molecule has 1 aliphatic rings. The number of nitrogens with zero attached hydrogens (tertiary/aromatic N) is 3. The first-order chi connectivity index (χ1) is 13.6. The summed E-state index contributed by atoms with van der Waals surface area (Å²) in [5, 5.41) is 4.11. The lowest BCUT2D eigenvalue weighted by Gasteiger charge is -2.33. The molecule has 2 aromatic carbocycles. The maximum absolute atomic E-state index is 13.7. The van der Waals surface area contributed by atoms with Gasteiger partial charge in [-0.3, -0.25) is 14.6 Å². The molecule has 2 heterocycles. The van der Waals surface area contributed by atoms with Gasteiger partial charge >= 0.3 is 0 Å². The van der Waals surface area contributed by atoms with Crippen LogP contribution in [0.1, 0.15) is 5.01 Å². The number of carbonyl (C=O) groups is 1. The Morgan fingerprint density at radius 3 is 2.68 bits per heavy atom. The SMILES string of the molecule is O=C(CN1CCN(Cc2nc3ccccc3s2)CC1)Nc1cc(Cl)ccc1F. The van der Waals surface area contributed by atoms with Crippen LogP contribution in [0.15, 0.2) is 42.5 Å². The number of anilines is 1. The molecule has 0 aliphatic carbocycles. The van der Waals surface area contributed by atoms with Crippen LogP contribution < -0.4 is 5.32 Å². The number of fused-ring (bicyclic) bond motifs is 1. The summed E-state index contributed by atoms with van der Waals surface area (Å²) in [6.07, 6.45) is 0. The molecule has 4 rings (SSSR count). The molecule has 1 N–H and O–H groups in total. The van der Waals surface area contributed by atoms with Gasteiger partial charge in [-0.05, 0) is 30.3 Å². The highest BCUT2D eigenvalue weighted by atomic mass is 35.5. The average Bonchev–Trinajstić information content (AvgIpc) is 3.08. The molecule has 1 amide bonds. The number of hydrogen-bond acceptors (Lipinski definition) is 5. The summed E-state index contributed by atoms with van der Waals surface area (Å²) in [5.74, 6) is -0.723. The summed E-state index contributed by atoms with van der Waals surface area (Å²) < 4.78 is 15.0. The van der Waals surface area contributed by atoms with Crippen molar-refractivity contribution in [1.82, 2.24) is 14.8 Å². The third kappa shape index (κ3) is 4.67. The predicted molar refractivity (Wildman–Crippen MR) is 111 cm³/mol. The van der Waals surface area contributed by atoms with Gasteiger partial charge in [0.1, 0.15) is 10.8 Å². The van der Waals surface area contributed by atoms with E-state index in [2.05, 4.69) is 26.2 Å². The van der Waals surface area contributed by atoms with Crippen molar-refractivity contribution in [2.75, 3.05) is 38.0 Å². The smallest absolute Gasteiger partial charge is 0.238 e. The van der Waals surface area contributed by atoms with Crippen molar-refractivity contribution >= 4 is 44.7 Å². The zero-order valence-corrected chi connectivity index (χ0v) is 16.8. The molecule has 1 saturated heterocycles. The van der Waals surface area contributed by atoms with Crippen molar-refractivity contribution in [1.29, 1.82) is 0 Å². The molecule has 1 fully saturated rings. The molecule has 1 aliphatic heterocycles. The van der Waals surface area contributed by atoms with Crippen molar-refractivity contribution in [3.05, 3.63) is 58.3 Å². The molecule has 5 nitrogen and oxygen atoms in total. The zero-order chi connectivity index (χ0) is 19.5. The van der Waals surface area contributed by atoms with Crippen molar-refractivity contribution in [3.8, 4) is 0 Å². The van der Waals surface area contributed by atoms with Gasteiger partial charge < -0.3 is 5.32 Å². The van der Waals surface area contributed by atoms with Crippen molar-refractivity contribution in [2.24, 2.45) is 0 Å². The highest BCUT2D eigenvalue weighted by Gasteiger charge is 2.20. The quantitative estimate of drug-likeness (QED) is 0.683. The Balaban J connectivity index is 1.26. The molecule has 0 spiro atoms. The van der Waals surface area contributed by atoms with Crippen LogP contribution in [-0.2, 0) is 11.3 Å². The Hall–Kier alpha value is -2.06. The number of aromatic nitrogens is 1. The van der Waals surface area contributed by atoms with Gasteiger partial charge in [0, 0.05) is 31.2 Å². The maximum Gasteiger partial charge on any atom is 0.238 e. The molecule has 8 heteroatoms. The Bertz CT molecular complexity index is 954. The number of hydrogen-bond donors (Lipinski definition) is 1. The largest absolute Gasteiger partial charge is 0.322 e. The lowest BCUT2D eigenvalue weighted by molar-refractivity contribution is -0.117. The summed E-state index contributed by atoms with van der Waals surface area (Å²) in [7, 11) is 0. The molecule has 0 unspecified atom stereocenters. The average molecular weight is 419 g/mol. The van der Waals surface area contributed by atoms with Crippen LogP contribution in [-0.4, -0.2) is 53.4 Å². The minimum Gasteiger partial charge on any atom is -0.322 e. The van der Waals surface area contributed by atoms with E-state index in [9.17, 15) is 9.18 Å². The first-order valence-corrected chi connectivity index (χ1v) is 10.3. The van der Waals surface area contributed by atoms with Crippen LogP contribution in [0.25, 0.3) is 10.2 Å².